The highest BCUT2D eigenvalue weighted by Gasteiger charge is 2.58. The van der Waals surface area contributed by atoms with E-state index in [1.807, 2.05) is 24.3 Å². The minimum absolute atomic E-state index is 0.175. The lowest BCUT2D eigenvalue weighted by molar-refractivity contribution is -0.114. The fraction of sp³-hybridized carbons (Fsp3) is 0.647. The second-order valence-electron chi connectivity index (χ2n) is 6.88. The lowest BCUT2D eigenvalue weighted by Crippen LogP contribution is -2.66. The highest BCUT2D eigenvalue weighted by Crippen LogP contribution is 2.52. The predicted octanol–water partition coefficient (Wildman–Crippen LogP) is 2.43. The molecule has 1 aromatic rings. The quantitative estimate of drug-likeness (QED) is 0.887. The van der Waals surface area contributed by atoms with Crippen LogP contribution in [0.3, 0.4) is 0 Å². The number of nitrogens with one attached hydrogen (secondary N) is 1. The Balaban J connectivity index is 1.58. The van der Waals surface area contributed by atoms with E-state index < -0.39 is 6.10 Å². The van der Waals surface area contributed by atoms with E-state index in [1.54, 1.807) is 0 Å². The monoisotopic (exact) mass is 275 g/mol. The summed E-state index contributed by atoms with van der Waals surface area (Å²) in [5.41, 5.74) is 2.38. The van der Waals surface area contributed by atoms with Gasteiger partial charge in [0, 0.05) is 30.5 Å². The van der Waals surface area contributed by atoms with Gasteiger partial charge in [-0.15, -0.1) is 0 Å². The maximum atomic E-state index is 10.3. The van der Waals surface area contributed by atoms with E-state index in [2.05, 4.69) is 26.1 Å². The highest BCUT2D eigenvalue weighted by atomic mass is 16.5. The summed E-state index contributed by atoms with van der Waals surface area (Å²) in [6, 6.07) is 8.57. The van der Waals surface area contributed by atoms with E-state index in [-0.39, 0.29) is 5.41 Å². The molecule has 2 aliphatic rings. The summed E-state index contributed by atoms with van der Waals surface area (Å²) < 4.78 is 5.80. The molecule has 0 amide bonds. The van der Waals surface area contributed by atoms with Crippen molar-refractivity contribution in [3.63, 3.8) is 0 Å². The molecule has 4 atom stereocenters. The molecule has 110 valence electrons. The zero-order valence-electron chi connectivity index (χ0n) is 12.6. The van der Waals surface area contributed by atoms with Crippen LogP contribution in [-0.2, 0) is 4.74 Å². The topological polar surface area (TPSA) is 41.5 Å². The van der Waals surface area contributed by atoms with Gasteiger partial charge in [0.15, 0.2) is 0 Å². The molecular weight excluding hydrogens is 250 g/mol. The van der Waals surface area contributed by atoms with Gasteiger partial charge in [0.05, 0.1) is 12.2 Å². The van der Waals surface area contributed by atoms with Crippen LogP contribution < -0.4 is 5.32 Å². The standard InChI is InChI=1S/C17H25NO2/c1-11-4-6-12(7-5-11)14(19)10-18-15-13-8-9-20-16(13)17(15,2)3/h4-7,13-16,18-19H,8-10H2,1-3H3. The van der Waals surface area contributed by atoms with Crippen molar-refractivity contribution in [3.8, 4) is 0 Å². The van der Waals surface area contributed by atoms with Crippen molar-refractivity contribution >= 4 is 0 Å². The maximum Gasteiger partial charge on any atom is 0.0914 e. The average Bonchev–Trinajstić information content (AvgIpc) is 2.86. The third-order valence-corrected chi connectivity index (χ3v) is 5.09. The molecule has 3 rings (SSSR count). The van der Waals surface area contributed by atoms with Gasteiger partial charge in [-0.3, -0.25) is 0 Å². The number of ether oxygens (including phenoxy) is 1. The number of aliphatic hydroxyl groups excluding tert-OH is 1. The Bertz CT molecular complexity index is 468. The summed E-state index contributed by atoms with van der Waals surface area (Å²) >= 11 is 0. The number of aryl methyl sites for hydroxylation is 1. The first-order chi connectivity index (χ1) is 9.50. The molecule has 1 aliphatic carbocycles. The molecule has 3 nitrogen and oxygen atoms in total. The third-order valence-electron chi connectivity index (χ3n) is 5.09. The molecule has 0 spiro atoms. The summed E-state index contributed by atoms with van der Waals surface area (Å²) in [5, 5.41) is 13.9. The summed E-state index contributed by atoms with van der Waals surface area (Å²) in [5.74, 6) is 0.621. The number of hydrogen-bond acceptors (Lipinski definition) is 3. The molecule has 1 aliphatic heterocycles. The molecule has 1 heterocycles. The fourth-order valence-corrected chi connectivity index (χ4v) is 3.88. The lowest BCUT2D eigenvalue weighted by atomic mass is 9.57. The maximum absolute atomic E-state index is 10.3. The van der Waals surface area contributed by atoms with Crippen LogP contribution in [0.1, 0.15) is 37.5 Å². The first-order valence-corrected chi connectivity index (χ1v) is 7.60. The van der Waals surface area contributed by atoms with E-state index in [9.17, 15) is 5.11 Å². The van der Waals surface area contributed by atoms with Gasteiger partial charge in [0.2, 0.25) is 0 Å². The van der Waals surface area contributed by atoms with E-state index in [1.165, 1.54) is 5.56 Å². The first-order valence-electron chi connectivity index (χ1n) is 7.60. The van der Waals surface area contributed by atoms with Crippen LogP contribution in [-0.4, -0.2) is 30.4 Å². The Kier molecular flexibility index (Phi) is 3.61. The Labute approximate surface area is 121 Å². The molecule has 3 heteroatoms. The van der Waals surface area contributed by atoms with E-state index in [4.69, 9.17) is 4.74 Å². The van der Waals surface area contributed by atoms with Gasteiger partial charge in [0.1, 0.15) is 0 Å². The molecule has 0 radical (unpaired) electrons. The van der Waals surface area contributed by atoms with Crippen molar-refractivity contribution in [2.24, 2.45) is 11.3 Å². The first kappa shape index (κ1) is 14.1. The van der Waals surface area contributed by atoms with Crippen LogP contribution in [0.25, 0.3) is 0 Å². The Morgan fingerprint density at radius 3 is 2.75 bits per heavy atom. The third kappa shape index (κ3) is 2.28. The number of rotatable bonds is 4. The summed E-state index contributed by atoms with van der Waals surface area (Å²) in [7, 11) is 0. The van der Waals surface area contributed by atoms with Gasteiger partial charge in [-0.1, -0.05) is 43.7 Å². The van der Waals surface area contributed by atoms with Crippen molar-refractivity contribution in [3.05, 3.63) is 35.4 Å². The molecular formula is C17H25NO2. The predicted molar refractivity (Wildman–Crippen MR) is 79.6 cm³/mol. The number of benzene rings is 1. The number of fused-ring (bicyclic) bond motifs is 1. The van der Waals surface area contributed by atoms with Gasteiger partial charge in [0.25, 0.3) is 0 Å². The summed E-state index contributed by atoms with van der Waals surface area (Å²) in [6.07, 6.45) is 1.11. The van der Waals surface area contributed by atoms with E-state index >= 15 is 0 Å². The molecule has 1 saturated carbocycles. The molecule has 20 heavy (non-hydrogen) atoms. The van der Waals surface area contributed by atoms with Gasteiger partial charge in [-0.2, -0.15) is 0 Å². The van der Waals surface area contributed by atoms with Gasteiger partial charge >= 0.3 is 0 Å². The Morgan fingerprint density at radius 1 is 1.35 bits per heavy atom. The van der Waals surface area contributed by atoms with Crippen LogP contribution >= 0.6 is 0 Å². The van der Waals surface area contributed by atoms with E-state index in [0.29, 0.717) is 24.6 Å². The van der Waals surface area contributed by atoms with Gasteiger partial charge in [-0.05, 0) is 18.9 Å². The van der Waals surface area contributed by atoms with Gasteiger partial charge in [-0.25, -0.2) is 0 Å². The molecule has 1 saturated heterocycles. The number of hydrogen-bond donors (Lipinski definition) is 2. The normalized spacial score (nSPS) is 32.5. The molecule has 0 aromatic heterocycles. The van der Waals surface area contributed by atoms with Crippen molar-refractivity contribution < 1.29 is 9.84 Å². The largest absolute Gasteiger partial charge is 0.387 e. The van der Waals surface area contributed by atoms with Crippen molar-refractivity contribution in [2.75, 3.05) is 13.2 Å². The smallest absolute Gasteiger partial charge is 0.0914 e. The highest BCUT2D eigenvalue weighted by molar-refractivity contribution is 5.23. The molecule has 2 fully saturated rings. The fourth-order valence-electron chi connectivity index (χ4n) is 3.88. The van der Waals surface area contributed by atoms with Crippen molar-refractivity contribution in [1.29, 1.82) is 0 Å². The van der Waals surface area contributed by atoms with E-state index in [0.717, 1.165) is 18.6 Å². The summed E-state index contributed by atoms with van der Waals surface area (Å²) in [6.45, 7) is 8.08. The van der Waals surface area contributed by atoms with Crippen LogP contribution in [0, 0.1) is 18.3 Å². The molecule has 0 bridgehead atoms. The van der Waals surface area contributed by atoms with Crippen LogP contribution in [0.4, 0.5) is 0 Å². The van der Waals surface area contributed by atoms with Crippen LogP contribution in [0.5, 0.6) is 0 Å². The van der Waals surface area contributed by atoms with Crippen molar-refractivity contribution in [2.45, 2.75) is 45.4 Å². The second kappa shape index (κ2) is 5.14. The molecule has 4 unspecified atom stereocenters. The van der Waals surface area contributed by atoms with Gasteiger partial charge < -0.3 is 15.2 Å². The second-order valence-corrected chi connectivity index (χ2v) is 6.88. The number of aliphatic hydroxyl groups is 1. The Morgan fingerprint density at radius 2 is 2.05 bits per heavy atom. The molecule has 2 N–H and O–H groups in total. The van der Waals surface area contributed by atoms with Crippen LogP contribution in [0.2, 0.25) is 0 Å². The van der Waals surface area contributed by atoms with Crippen LogP contribution in [0.15, 0.2) is 24.3 Å². The lowest BCUT2D eigenvalue weighted by Gasteiger charge is -2.55. The minimum Gasteiger partial charge on any atom is -0.387 e. The average molecular weight is 275 g/mol. The minimum atomic E-state index is -0.437. The molecule has 1 aromatic carbocycles. The SMILES string of the molecule is Cc1ccc(C(O)CNC2C3CCOC3C2(C)C)cc1. The van der Waals surface area contributed by atoms with Crippen molar-refractivity contribution in [1.82, 2.24) is 5.32 Å². The zero-order chi connectivity index (χ0) is 14.3. The summed E-state index contributed by atoms with van der Waals surface area (Å²) in [4.78, 5) is 0. The zero-order valence-corrected chi connectivity index (χ0v) is 12.6. The Hall–Kier alpha value is -0.900.